The SMILES string of the molecule is Cc1cc(=O)[nH]c(SCc2c(Cl)cnc(F)c2Cl)n1. The summed E-state index contributed by atoms with van der Waals surface area (Å²) in [4.78, 5) is 21.4. The van der Waals surface area contributed by atoms with Crippen molar-refractivity contribution in [3.63, 3.8) is 0 Å². The molecule has 0 aliphatic rings. The van der Waals surface area contributed by atoms with Gasteiger partial charge in [0, 0.05) is 29.3 Å². The van der Waals surface area contributed by atoms with Gasteiger partial charge in [0.15, 0.2) is 5.16 Å². The third kappa shape index (κ3) is 3.46. The van der Waals surface area contributed by atoms with Crippen molar-refractivity contribution in [2.45, 2.75) is 17.8 Å². The summed E-state index contributed by atoms with van der Waals surface area (Å²) in [5.41, 5.74) is 0.780. The normalized spacial score (nSPS) is 10.7. The van der Waals surface area contributed by atoms with Crippen LogP contribution in [0.15, 0.2) is 22.2 Å². The van der Waals surface area contributed by atoms with Crippen molar-refractivity contribution in [3.05, 3.63) is 49.9 Å². The van der Waals surface area contributed by atoms with E-state index < -0.39 is 5.95 Å². The number of hydrogen-bond acceptors (Lipinski definition) is 4. The van der Waals surface area contributed by atoms with Crippen molar-refractivity contribution in [2.75, 3.05) is 0 Å². The van der Waals surface area contributed by atoms with Gasteiger partial charge in [-0.2, -0.15) is 4.39 Å². The number of pyridine rings is 1. The van der Waals surface area contributed by atoms with Gasteiger partial charge in [-0.05, 0) is 6.92 Å². The van der Waals surface area contributed by atoms with E-state index in [2.05, 4.69) is 15.0 Å². The zero-order valence-electron chi connectivity index (χ0n) is 9.71. The minimum atomic E-state index is -0.771. The summed E-state index contributed by atoms with van der Waals surface area (Å²) in [6.07, 6.45) is 1.20. The number of aromatic nitrogens is 3. The monoisotopic (exact) mass is 319 g/mol. The highest BCUT2D eigenvalue weighted by Crippen LogP contribution is 2.30. The molecule has 0 amide bonds. The highest BCUT2D eigenvalue weighted by atomic mass is 35.5. The van der Waals surface area contributed by atoms with Crippen molar-refractivity contribution in [1.29, 1.82) is 0 Å². The molecule has 4 nitrogen and oxygen atoms in total. The van der Waals surface area contributed by atoms with Gasteiger partial charge in [-0.25, -0.2) is 9.97 Å². The molecule has 0 unspecified atom stereocenters. The molecule has 0 radical (unpaired) electrons. The predicted molar refractivity (Wildman–Crippen MR) is 73.4 cm³/mol. The average molecular weight is 320 g/mol. The second-order valence-electron chi connectivity index (χ2n) is 3.67. The lowest BCUT2D eigenvalue weighted by Crippen LogP contribution is -2.08. The van der Waals surface area contributed by atoms with Crippen LogP contribution in [0.25, 0.3) is 0 Å². The van der Waals surface area contributed by atoms with Gasteiger partial charge in [0.1, 0.15) is 5.02 Å². The van der Waals surface area contributed by atoms with Crippen molar-refractivity contribution < 1.29 is 4.39 Å². The van der Waals surface area contributed by atoms with Gasteiger partial charge < -0.3 is 4.98 Å². The van der Waals surface area contributed by atoms with E-state index in [-0.39, 0.29) is 21.4 Å². The average Bonchev–Trinajstić information content (AvgIpc) is 2.33. The standard InChI is InChI=1S/C11H8Cl2FN3OS/c1-5-2-8(18)17-11(16-5)19-4-6-7(12)3-15-10(14)9(6)13/h2-3H,4H2,1H3,(H,16,17,18). The lowest BCUT2D eigenvalue weighted by Gasteiger charge is -2.06. The topological polar surface area (TPSA) is 58.6 Å². The minimum Gasteiger partial charge on any atom is -0.301 e. The Morgan fingerprint density at radius 1 is 1.47 bits per heavy atom. The Hall–Kier alpha value is -1.11. The minimum absolute atomic E-state index is 0.116. The van der Waals surface area contributed by atoms with E-state index in [1.54, 1.807) is 6.92 Å². The number of H-pyrrole nitrogens is 1. The van der Waals surface area contributed by atoms with Gasteiger partial charge in [-0.3, -0.25) is 4.79 Å². The van der Waals surface area contributed by atoms with Crippen LogP contribution < -0.4 is 5.56 Å². The zero-order chi connectivity index (χ0) is 14.0. The van der Waals surface area contributed by atoms with Crippen molar-refractivity contribution >= 4 is 35.0 Å². The van der Waals surface area contributed by atoms with Crippen molar-refractivity contribution in [1.82, 2.24) is 15.0 Å². The zero-order valence-corrected chi connectivity index (χ0v) is 12.0. The molecule has 0 atom stereocenters. The van der Waals surface area contributed by atoms with Crippen LogP contribution >= 0.6 is 35.0 Å². The third-order valence-electron chi connectivity index (χ3n) is 2.23. The molecule has 2 rings (SSSR count). The summed E-state index contributed by atoms with van der Waals surface area (Å²) in [7, 11) is 0. The molecule has 1 N–H and O–H groups in total. The first kappa shape index (κ1) is 14.3. The molecule has 19 heavy (non-hydrogen) atoms. The van der Waals surface area contributed by atoms with Gasteiger partial charge in [-0.15, -0.1) is 0 Å². The molecule has 2 aromatic heterocycles. The highest BCUT2D eigenvalue weighted by molar-refractivity contribution is 7.98. The Bertz CT molecular complexity index is 677. The van der Waals surface area contributed by atoms with Crippen LogP contribution in [0.1, 0.15) is 11.3 Å². The molecule has 100 valence electrons. The van der Waals surface area contributed by atoms with Gasteiger partial charge in [-0.1, -0.05) is 35.0 Å². The van der Waals surface area contributed by atoms with Crippen LogP contribution in [0.4, 0.5) is 4.39 Å². The predicted octanol–water partition coefficient (Wildman–Crippen LogP) is 3.21. The van der Waals surface area contributed by atoms with Crippen molar-refractivity contribution in [3.8, 4) is 0 Å². The van der Waals surface area contributed by atoms with Gasteiger partial charge in [0.2, 0.25) is 5.95 Å². The maximum absolute atomic E-state index is 13.2. The molecule has 0 fully saturated rings. The van der Waals surface area contributed by atoms with E-state index in [0.717, 1.165) is 0 Å². The van der Waals surface area contributed by atoms with Gasteiger partial charge in [0.05, 0.1) is 5.02 Å². The molecular formula is C11H8Cl2FN3OS. The first-order valence-corrected chi connectivity index (χ1v) is 6.90. The van der Waals surface area contributed by atoms with E-state index in [1.165, 1.54) is 24.0 Å². The van der Waals surface area contributed by atoms with E-state index >= 15 is 0 Å². The maximum Gasteiger partial charge on any atom is 0.251 e. The van der Waals surface area contributed by atoms with Crippen LogP contribution in [0.2, 0.25) is 10.0 Å². The van der Waals surface area contributed by atoms with Crippen LogP contribution in [0.5, 0.6) is 0 Å². The maximum atomic E-state index is 13.2. The number of halogens is 3. The Morgan fingerprint density at radius 3 is 2.89 bits per heavy atom. The van der Waals surface area contributed by atoms with Crippen LogP contribution in [0.3, 0.4) is 0 Å². The number of rotatable bonds is 3. The van der Waals surface area contributed by atoms with E-state index in [4.69, 9.17) is 23.2 Å². The molecule has 0 aliphatic heterocycles. The molecule has 0 saturated heterocycles. The van der Waals surface area contributed by atoms with Crippen LogP contribution in [-0.4, -0.2) is 15.0 Å². The van der Waals surface area contributed by atoms with Crippen molar-refractivity contribution in [2.24, 2.45) is 0 Å². The number of nitrogens with one attached hydrogen (secondary N) is 1. The second kappa shape index (κ2) is 5.90. The molecule has 0 saturated carbocycles. The Morgan fingerprint density at radius 2 is 2.21 bits per heavy atom. The largest absolute Gasteiger partial charge is 0.301 e. The Labute approximate surface area is 122 Å². The Kier molecular flexibility index (Phi) is 4.44. The number of hydrogen-bond donors (Lipinski definition) is 1. The van der Waals surface area contributed by atoms with Crippen LogP contribution in [-0.2, 0) is 5.75 Å². The fraction of sp³-hybridized carbons (Fsp3) is 0.182. The van der Waals surface area contributed by atoms with Gasteiger partial charge in [0.25, 0.3) is 5.56 Å². The lowest BCUT2D eigenvalue weighted by molar-refractivity contribution is 0.583. The van der Waals surface area contributed by atoms with Gasteiger partial charge >= 0.3 is 0 Å². The first-order chi connectivity index (χ1) is 8.97. The molecule has 0 spiro atoms. The third-order valence-corrected chi connectivity index (χ3v) is 3.84. The van der Waals surface area contributed by atoms with Crippen LogP contribution in [0, 0.1) is 12.9 Å². The number of thioether (sulfide) groups is 1. The highest BCUT2D eigenvalue weighted by Gasteiger charge is 2.13. The first-order valence-electron chi connectivity index (χ1n) is 5.16. The lowest BCUT2D eigenvalue weighted by atomic mass is 10.3. The van der Waals surface area contributed by atoms with E-state index in [0.29, 0.717) is 16.4 Å². The van der Waals surface area contributed by atoms with E-state index in [1.807, 2.05) is 0 Å². The smallest absolute Gasteiger partial charge is 0.251 e. The molecule has 0 aromatic carbocycles. The fourth-order valence-corrected chi connectivity index (χ4v) is 2.97. The number of aryl methyl sites for hydroxylation is 1. The molecule has 2 aromatic rings. The molecule has 8 heteroatoms. The number of aromatic amines is 1. The van der Waals surface area contributed by atoms with E-state index in [9.17, 15) is 9.18 Å². The summed E-state index contributed by atoms with van der Waals surface area (Å²) in [6, 6.07) is 1.39. The summed E-state index contributed by atoms with van der Waals surface area (Å²) in [5, 5.41) is 0.582. The summed E-state index contributed by atoms with van der Waals surface area (Å²) in [5.74, 6) is -0.490. The fourth-order valence-electron chi connectivity index (χ4n) is 1.37. The molecular weight excluding hydrogens is 312 g/mol. The second-order valence-corrected chi connectivity index (χ2v) is 5.42. The summed E-state index contributed by atoms with van der Waals surface area (Å²) < 4.78 is 13.2. The molecule has 0 bridgehead atoms. The Balaban J connectivity index is 2.23. The molecule has 2 heterocycles. The summed E-state index contributed by atoms with van der Waals surface area (Å²) in [6.45, 7) is 1.71. The quantitative estimate of drug-likeness (QED) is 0.536. The molecule has 0 aliphatic carbocycles. The summed E-state index contributed by atoms with van der Waals surface area (Å²) >= 11 is 12.9. The number of nitrogens with zero attached hydrogens (tertiary/aromatic N) is 2.